The van der Waals surface area contributed by atoms with Gasteiger partial charge < -0.3 is 4.90 Å². The van der Waals surface area contributed by atoms with E-state index in [9.17, 15) is 4.79 Å². The third kappa shape index (κ3) is 3.94. The zero-order valence-electron chi connectivity index (χ0n) is 12.7. The first-order valence-electron chi connectivity index (χ1n) is 7.53. The summed E-state index contributed by atoms with van der Waals surface area (Å²) < 4.78 is 4.43. The fraction of sp³-hybridized carbons (Fsp3) is 0.412. The van der Waals surface area contributed by atoms with Crippen LogP contribution in [0.3, 0.4) is 0 Å². The Bertz CT molecular complexity index is 608. The highest BCUT2D eigenvalue weighted by molar-refractivity contribution is 7.08. The third-order valence-electron chi connectivity index (χ3n) is 4.00. The fourth-order valence-electron chi connectivity index (χ4n) is 2.81. The lowest BCUT2D eigenvalue weighted by atomic mass is 10.0. The van der Waals surface area contributed by atoms with Crippen LogP contribution in [-0.2, 0) is 0 Å². The van der Waals surface area contributed by atoms with E-state index in [1.54, 1.807) is 0 Å². The molecule has 0 spiro atoms. The summed E-state index contributed by atoms with van der Waals surface area (Å²) in [5.74, 6) is 0.272. The predicted molar refractivity (Wildman–Crippen MR) is 94.0 cm³/mol. The van der Waals surface area contributed by atoms with E-state index in [4.69, 9.17) is 0 Å². The van der Waals surface area contributed by atoms with Crippen molar-refractivity contribution in [3.05, 3.63) is 41.3 Å². The smallest absolute Gasteiger partial charge is 0.178 e. The van der Waals surface area contributed by atoms with Gasteiger partial charge in [0.05, 0.1) is 10.6 Å². The van der Waals surface area contributed by atoms with E-state index in [0.717, 1.165) is 35.8 Å². The van der Waals surface area contributed by atoms with Crippen LogP contribution in [0.5, 0.6) is 0 Å². The SMILES string of the molecule is CC(CN1CCCC1)C(=O)c1cc(-c2ccccc2)ns1.Cl. The second kappa shape index (κ2) is 7.86. The molecule has 3 nitrogen and oxygen atoms in total. The molecule has 0 aliphatic carbocycles. The van der Waals surface area contributed by atoms with Crippen LogP contribution in [0.1, 0.15) is 29.4 Å². The molecule has 0 saturated carbocycles. The van der Waals surface area contributed by atoms with Gasteiger partial charge in [0.15, 0.2) is 5.78 Å². The number of halogens is 1. The van der Waals surface area contributed by atoms with E-state index in [-0.39, 0.29) is 24.1 Å². The molecule has 5 heteroatoms. The second-order valence-electron chi connectivity index (χ2n) is 5.72. The zero-order valence-corrected chi connectivity index (χ0v) is 14.3. The molecule has 0 bridgehead atoms. The average Bonchev–Trinajstić information content (AvgIpc) is 3.18. The maximum atomic E-state index is 12.5. The number of likely N-dealkylation sites (tertiary alicyclic amines) is 1. The lowest BCUT2D eigenvalue weighted by Crippen LogP contribution is -2.29. The van der Waals surface area contributed by atoms with Crippen LogP contribution in [0.25, 0.3) is 11.3 Å². The Balaban J connectivity index is 0.00000176. The topological polar surface area (TPSA) is 33.2 Å². The Morgan fingerprint density at radius 2 is 1.95 bits per heavy atom. The van der Waals surface area contributed by atoms with Crippen molar-refractivity contribution in [3.63, 3.8) is 0 Å². The predicted octanol–water partition coefficient (Wildman–Crippen LogP) is 4.15. The molecule has 0 amide bonds. The van der Waals surface area contributed by atoms with Gasteiger partial charge in [-0.1, -0.05) is 37.3 Å². The summed E-state index contributed by atoms with van der Waals surface area (Å²) in [5.41, 5.74) is 1.97. The molecule has 1 unspecified atom stereocenters. The van der Waals surface area contributed by atoms with Gasteiger partial charge in [0.1, 0.15) is 0 Å². The molecule has 2 heterocycles. The molecule has 2 aromatic rings. The number of nitrogens with zero attached hydrogens (tertiary/aromatic N) is 2. The van der Waals surface area contributed by atoms with Crippen molar-refractivity contribution in [2.24, 2.45) is 5.92 Å². The van der Waals surface area contributed by atoms with Crippen LogP contribution in [0.4, 0.5) is 0 Å². The summed E-state index contributed by atoms with van der Waals surface area (Å²) in [4.78, 5) is 15.7. The van der Waals surface area contributed by atoms with Crippen molar-refractivity contribution in [2.75, 3.05) is 19.6 Å². The maximum absolute atomic E-state index is 12.5. The minimum Gasteiger partial charge on any atom is -0.303 e. The largest absolute Gasteiger partial charge is 0.303 e. The van der Waals surface area contributed by atoms with E-state index in [0.29, 0.717) is 0 Å². The third-order valence-corrected chi connectivity index (χ3v) is 4.80. The normalized spacial score (nSPS) is 16.2. The standard InChI is InChI=1S/C17H20N2OS.ClH/c1-13(12-19-9-5-6-10-19)17(20)16-11-15(18-21-16)14-7-3-2-4-8-14;/h2-4,7-8,11,13H,5-6,9-10,12H2,1H3;1H. The van der Waals surface area contributed by atoms with E-state index in [2.05, 4.69) is 9.27 Å². The molecule has 0 N–H and O–H groups in total. The number of carbonyl (C=O) groups is 1. The highest BCUT2D eigenvalue weighted by Crippen LogP contribution is 2.24. The van der Waals surface area contributed by atoms with E-state index >= 15 is 0 Å². The monoisotopic (exact) mass is 336 g/mol. The first-order chi connectivity index (χ1) is 10.2. The molecular weight excluding hydrogens is 316 g/mol. The molecule has 1 atom stereocenters. The summed E-state index contributed by atoms with van der Waals surface area (Å²) in [7, 11) is 0. The molecule has 1 aliphatic heterocycles. The number of benzene rings is 1. The molecule has 1 aromatic carbocycles. The summed E-state index contributed by atoms with van der Waals surface area (Å²) in [6.07, 6.45) is 2.53. The van der Waals surface area contributed by atoms with E-state index in [1.165, 1.54) is 24.4 Å². The molecular formula is C17H21ClN2OS. The van der Waals surface area contributed by atoms with Gasteiger partial charge in [0.25, 0.3) is 0 Å². The van der Waals surface area contributed by atoms with Crippen molar-refractivity contribution >= 4 is 29.7 Å². The summed E-state index contributed by atoms with van der Waals surface area (Å²) >= 11 is 1.32. The highest BCUT2D eigenvalue weighted by Gasteiger charge is 2.22. The molecule has 3 rings (SSSR count). The highest BCUT2D eigenvalue weighted by atomic mass is 35.5. The molecule has 118 valence electrons. The number of aromatic nitrogens is 1. The average molecular weight is 337 g/mol. The number of ketones is 1. The van der Waals surface area contributed by atoms with Gasteiger partial charge in [-0.05, 0) is 43.5 Å². The first-order valence-corrected chi connectivity index (χ1v) is 8.30. The Morgan fingerprint density at radius 3 is 2.64 bits per heavy atom. The van der Waals surface area contributed by atoms with Gasteiger partial charge in [-0.15, -0.1) is 12.4 Å². The van der Waals surface area contributed by atoms with Gasteiger partial charge >= 0.3 is 0 Å². The van der Waals surface area contributed by atoms with Gasteiger partial charge in [-0.2, -0.15) is 4.37 Å². The lowest BCUT2D eigenvalue weighted by Gasteiger charge is -2.18. The Morgan fingerprint density at radius 1 is 1.27 bits per heavy atom. The number of rotatable bonds is 5. The van der Waals surface area contributed by atoms with Crippen LogP contribution in [0.15, 0.2) is 36.4 Å². The van der Waals surface area contributed by atoms with Crippen LogP contribution < -0.4 is 0 Å². The van der Waals surface area contributed by atoms with Crippen molar-refractivity contribution in [3.8, 4) is 11.3 Å². The van der Waals surface area contributed by atoms with E-state index < -0.39 is 0 Å². The van der Waals surface area contributed by atoms with Crippen LogP contribution in [0.2, 0.25) is 0 Å². The van der Waals surface area contributed by atoms with Crippen molar-refractivity contribution in [1.82, 2.24) is 9.27 Å². The molecule has 1 aromatic heterocycles. The van der Waals surface area contributed by atoms with Crippen molar-refractivity contribution in [1.29, 1.82) is 0 Å². The summed E-state index contributed by atoms with van der Waals surface area (Å²) in [5, 5.41) is 0. The Hall–Kier alpha value is -1.23. The van der Waals surface area contributed by atoms with Crippen molar-refractivity contribution < 1.29 is 4.79 Å². The second-order valence-corrected chi connectivity index (χ2v) is 6.52. The summed E-state index contributed by atoms with van der Waals surface area (Å²) in [6.45, 7) is 5.17. The Labute approximate surface area is 141 Å². The van der Waals surface area contributed by atoms with Crippen molar-refractivity contribution in [2.45, 2.75) is 19.8 Å². The van der Waals surface area contributed by atoms with Gasteiger partial charge in [-0.25, -0.2) is 0 Å². The van der Waals surface area contributed by atoms with Crippen LogP contribution in [0, 0.1) is 5.92 Å². The first kappa shape index (κ1) is 17.1. The quantitative estimate of drug-likeness (QED) is 0.769. The van der Waals surface area contributed by atoms with Crippen LogP contribution >= 0.6 is 23.9 Å². The molecule has 0 radical (unpaired) electrons. The lowest BCUT2D eigenvalue weighted by molar-refractivity contribution is 0.0907. The van der Waals surface area contributed by atoms with E-state index in [1.807, 2.05) is 43.3 Å². The van der Waals surface area contributed by atoms with Gasteiger partial charge in [0.2, 0.25) is 0 Å². The maximum Gasteiger partial charge on any atom is 0.178 e. The van der Waals surface area contributed by atoms with Gasteiger partial charge in [0, 0.05) is 18.0 Å². The number of Topliss-reactive ketones (excluding diaryl/α,β-unsaturated/α-hetero) is 1. The number of hydrogen-bond acceptors (Lipinski definition) is 4. The molecule has 1 aliphatic rings. The number of hydrogen-bond donors (Lipinski definition) is 0. The molecule has 1 fully saturated rings. The van der Waals surface area contributed by atoms with Crippen LogP contribution in [-0.4, -0.2) is 34.7 Å². The fourth-order valence-corrected chi connectivity index (χ4v) is 3.62. The minimum absolute atomic E-state index is 0. The molecule has 1 saturated heterocycles. The minimum atomic E-state index is 0. The molecule has 22 heavy (non-hydrogen) atoms. The Kier molecular flexibility index (Phi) is 6.12. The van der Waals surface area contributed by atoms with Gasteiger partial charge in [-0.3, -0.25) is 4.79 Å². The summed E-state index contributed by atoms with van der Waals surface area (Å²) in [6, 6.07) is 12.0. The number of carbonyl (C=O) groups excluding carboxylic acids is 1. The zero-order chi connectivity index (χ0) is 14.7.